The number of aromatic amines is 2. The summed E-state index contributed by atoms with van der Waals surface area (Å²) in [6.07, 6.45) is 11.9. The normalized spacial score (nSPS) is 18.2. The topological polar surface area (TPSA) is 178 Å². The number of nitrogens with one attached hydrogen (secondary N) is 4. The standard InChI is InChI=1S/C35H45N7O6/c43-32(42-12-14-47-15-13-42)18-24(17-25-21-48-31-9-5-4-8-27(25)31)34(45)40-30(19-26-20-36-22-37-26)35(46)39-29(16-23-6-2-1-3-7-23)33(44)28-10-11-38-41-28/h4-5,8-11,20-24,29-30,33,44H,1-3,6-7,12-19H2,(H,36,37)(H,38,41)(H,39,46)(H,40,45)/t24-,29+,30+,33+/m1/s1. The average Bonchev–Trinajstić information content (AvgIpc) is 3.91. The Balaban J connectivity index is 1.23. The maximum absolute atomic E-state index is 14.2. The zero-order valence-electron chi connectivity index (χ0n) is 27.1. The number of amides is 3. The van der Waals surface area contributed by atoms with Crippen molar-refractivity contribution < 1.29 is 28.6 Å². The van der Waals surface area contributed by atoms with Crippen molar-refractivity contribution in [2.75, 3.05) is 26.3 Å². The Morgan fingerprint density at radius 2 is 1.83 bits per heavy atom. The number of ether oxygens (including phenoxy) is 1. The zero-order chi connectivity index (χ0) is 33.3. The number of carbonyl (C=O) groups excluding carboxylic acids is 3. The summed E-state index contributed by atoms with van der Waals surface area (Å²) in [6.45, 7) is 1.83. The number of hydrogen-bond acceptors (Lipinski definition) is 8. The van der Waals surface area contributed by atoms with Gasteiger partial charge in [-0.1, -0.05) is 50.3 Å². The molecule has 4 aromatic rings. The van der Waals surface area contributed by atoms with Gasteiger partial charge in [-0.15, -0.1) is 0 Å². The number of nitrogens with zero attached hydrogens (tertiary/aromatic N) is 3. The first-order valence-corrected chi connectivity index (χ1v) is 17.0. The van der Waals surface area contributed by atoms with Crippen LogP contribution in [0.4, 0.5) is 0 Å². The minimum absolute atomic E-state index is 0.0374. The number of aromatic nitrogens is 4. The molecular weight excluding hydrogens is 614 g/mol. The predicted molar refractivity (Wildman–Crippen MR) is 176 cm³/mol. The molecule has 1 saturated heterocycles. The minimum Gasteiger partial charge on any atom is -0.464 e. The Labute approximate surface area is 279 Å². The van der Waals surface area contributed by atoms with Crippen molar-refractivity contribution in [2.45, 2.75) is 76.0 Å². The van der Waals surface area contributed by atoms with Crippen molar-refractivity contribution in [3.63, 3.8) is 0 Å². The number of aliphatic hydroxyl groups excluding tert-OH is 1. The van der Waals surface area contributed by atoms with Crippen LogP contribution in [0.2, 0.25) is 0 Å². The number of hydrogen-bond donors (Lipinski definition) is 5. The zero-order valence-corrected chi connectivity index (χ0v) is 27.1. The van der Waals surface area contributed by atoms with Crippen molar-refractivity contribution in [3.8, 4) is 0 Å². The third kappa shape index (κ3) is 8.50. The lowest BCUT2D eigenvalue weighted by atomic mass is 9.83. The van der Waals surface area contributed by atoms with Crippen molar-refractivity contribution >= 4 is 28.7 Å². The van der Waals surface area contributed by atoms with E-state index in [0.717, 1.165) is 36.6 Å². The van der Waals surface area contributed by atoms with Gasteiger partial charge in [0.2, 0.25) is 17.7 Å². The number of morpholine rings is 1. The SMILES string of the molecule is O=C(N[C@@H](Cc1c[nH]cn1)C(=O)N[C@@H](CC1CCCCC1)[C@@H](O)c1cc[nH]n1)[C@@H](CC(=O)N1CCOCC1)Cc1coc2ccccc12. The molecule has 5 N–H and O–H groups in total. The molecule has 13 heteroatoms. The van der Waals surface area contributed by atoms with Gasteiger partial charge in [-0.05, 0) is 36.5 Å². The molecule has 48 heavy (non-hydrogen) atoms. The van der Waals surface area contributed by atoms with Crippen LogP contribution < -0.4 is 10.6 Å². The molecule has 1 aliphatic carbocycles. The van der Waals surface area contributed by atoms with Crippen LogP contribution in [0.1, 0.15) is 68.0 Å². The highest BCUT2D eigenvalue weighted by Crippen LogP contribution is 2.31. The molecule has 256 valence electrons. The summed E-state index contributed by atoms with van der Waals surface area (Å²) in [6, 6.07) is 7.65. The molecule has 13 nitrogen and oxygen atoms in total. The largest absolute Gasteiger partial charge is 0.464 e. The number of H-pyrrole nitrogens is 2. The second kappa shape index (κ2) is 16.1. The van der Waals surface area contributed by atoms with E-state index in [4.69, 9.17) is 9.15 Å². The summed E-state index contributed by atoms with van der Waals surface area (Å²) in [5, 5.41) is 25.2. The second-order valence-electron chi connectivity index (χ2n) is 13.0. The van der Waals surface area contributed by atoms with Gasteiger partial charge in [0, 0.05) is 43.7 Å². The van der Waals surface area contributed by atoms with Crippen LogP contribution in [0.25, 0.3) is 11.0 Å². The summed E-state index contributed by atoms with van der Waals surface area (Å²) in [7, 11) is 0. The first-order chi connectivity index (χ1) is 23.4. The summed E-state index contributed by atoms with van der Waals surface area (Å²) in [5.41, 5.74) is 2.54. The number of fused-ring (bicyclic) bond motifs is 1. The fourth-order valence-corrected chi connectivity index (χ4v) is 6.95. The van der Waals surface area contributed by atoms with Gasteiger partial charge in [-0.3, -0.25) is 19.5 Å². The molecule has 1 saturated carbocycles. The first-order valence-electron chi connectivity index (χ1n) is 17.0. The molecular formula is C35H45N7O6. The predicted octanol–water partition coefficient (Wildman–Crippen LogP) is 3.20. The lowest BCUT2D eigenvalue weighted by molar-refractivity contribution is -0.140. The maximum atomic E-state index is 14.2. The molecule has 0 radical (unpaired) electrons. The van der Waals surface area contributed by atoms with E-state index in [1.165, 1.54) is 12.7 Å². The van der Waals surface area contributed by atoms with Crippen LogP contribution in [-0.2, 0) is 32.0 Å². The van der Waals surface area contributed by atoms with Gasteiger partial charge in [0.25, 0.3) is 0 Å². The van der Waals surface area contributed by atoms with E-state index in [0.29, 0.717) is 55.6 Å². The number of aliphatic hydroxyl groups is 1. The summed E-state index contributed by atoms with van der Waals surface area (Å²) in [4.78, 5) is 50.7. The number of carbonyl (C=O) groups is 3. The van der Waals surface area contributed by atoms with Crippen LogP contribution >= 0.6 is 0 Å². The van der Waals surface area contributed by atoms with E-state index < -0.39 is 35.9 Å². The summed E-state index contributed by atoms with van der Waals surface area (Å²) < 4.78 is 11.2. The number of imidazole rings is 1. The molecule has 4 heterocycles. The number of para-hydroxylation sites is 1. The fourth-order valence-electron chi connectivity index (χ4n) is 6.95. The molecule has 1 aliphatic heterocycles. The smallest absolute Gasteiger partial charge is 0.243 e. The lowest BCUT2D eigenvalue weighted by Gasteiger charge is -2.31. The molecule has 6 rings (SSSR count). The fraction of sp³-hybridized carbons (Fsp3) is 0.514. The van der Waals surface area contributed by atoms with Crippen molar-refractivity contribution in [3.05, 3.63) is 72.3 Å². The van der Waals surface area contributed by atoms with Crippen LogP contribution in [0, 0.1) is 11.8 Å². The van der Waals surface area contributed by atoms with Crippen molar-refractivity contribution in [1.29, 1.82) is 0 Å². The average molecular weight is 660 g/mol. The third-order valence-electron chi connectivity index (χ3n) is 9.63. The molecule has 0 spiro atoms. The molecule has 4 atom stereocenters. The molecule has 3 aromatic heterocycles. The molecule has 0 unspecified atom stereocenters. The van der Waals surface area contributed by atoms with Crippen LogP contribution in [0.15, 0.2) is 59.7 Å². The maximum Gasteiger partial charge on any atom is 0.243 e. The Kier molecular flexibility index (Phi) is 11.2. The van der Waals surface area contributed by atoms with E-state index in [1.807, 2.05) is 24.3 Å². The highest BCUT2D eigenvalue weighted by atomic mass is 16.5. The van der Waals surface area contributed by atoms with Gasteiger partial charge in [0.15, 0.2) is 0 Å². The Morgan fingerprint density at radius 1 is 1.02 bits per heavy atom. The third-order valence-corrected chi connectivity index (χ3v) is 9.63. The van der Waals surface area contributed by atoms with E-state index >= 15 is 0 Å². The monoisotopic (exact) mass is 659 g/mol. The van der Waals surface area contributed by atoms with Crippen LogP contribution in [-0.4, -0.2) is 86.3 Å². The van der Waals surface area contributed by atoms with Gasteiger partial charge in [-0.2, -0.15) is 5.10 Å². The van der Waals surface area contributed by atoms with Gasteiger partial charge >= 0.3 is 0 Å². The van der Waals surface area contributed by atoms with E-state index in [-0.39, 0.29) is 25.2 Å². The van der Waals surface area contributed by atoms with E-state index in [2.05, 4.69) is 30.8 Å². The van der Waals surface area contributed by atoms with Gasteiger partial charge in [0.05, 0.1) is 49.2 Å². The van der Waals surface area contributed by atoms with Crippen molar-refractivity contribution in [2.24, 2.45) is 11.8 Å². The molecule has 2 fully saturated rings. The molecule has 3 amide bonds. The highest BCUT2D eigenvalue weighted by Gasteiger charge is 2.34. The lowest BCUT2D eigenvalue weighted by Crippen LogP contribution is -2.54. The van der Waals surface area contributed by atoms with Gasteiger partial charge in [-0.25, -0.2) is 4.98 Å². The Morgan fingerprint density at radius 3 is 2.58 bits per heavy atom. The van der Waals surface area contributed by atoms with E-state index in [1.54, 1.807) is 29.6 Å². The highest BCUT2D eigenvalue weighted by molar-refractivity contribution is 5.91. The quantitative estimate of drug-likeness (QED) is 0.137. The van der Waals surface area contributed by atoms with Crippen LogP contribution in [0.3, 0.4) is 0 Å². The second-order valence-corrected chi connectivity index (χ2v) is 13.0. The Hall–Kier alpha value is -4.49. The first kappa shape index (κ1) is 33.4. The molecule has 2 aliphatic rings. The number of furan rings is 1. The van der Waals surface area contributed by atoms with E-state index in [9.17, 15) is 19.5 Å². The number of rotatable bonds is 14. The summed E-state index contributed by atoms with van der Waals surface area (Å²) in [5.74, 6) is -1.42. The van der Waals surface area contributed by atoms with Gasteiger partial charge < -0.3 is 34.8 Å². The molecule has 1 aromatic carbocycles. The van der Waals surface area contributed by atoms with Gasteiger partial charge in [0.1, 0.15) is 17.7 Å². The minimum atomic E-state index is -1.03. The number of benzene rings is 1. The van der Waals surface area contributed by atoms with Crippen molar-refractivity contribution in [1.82, 2.24) is 35.7 Å². The molecule has 0 bridgehead atoms. The Bertz CT molecular complexity index is 1610. The van der Waals surface area contributed by atoms with Crippen LogP contribution in [0.5, 0.6) is 0 Å². The summed E-state index contributed by atoms with van der Waals surface area (Å²) >= 11 is 0.